The van der Waals surface area contributed by atoms with Crippen LogP contribution in [0.4, 0.5) is 8.78 Å². The lowest BCUT2D eigenvalue weighted by molar-refractivity contribution is 0.0591. The van der Waals surface area contributed by atoms with Gasteiger partial charge in [0.15, 0.2) is 0 Å². The van der Waals surface area contributed by atoms with Gasteiger partial charge in [0.25, 0.3) is 0 Å². The standard InChI is InChI=1S/C18H10ClFN2O2.C12H8N2O2.C6H3ClFI/c1-24-18(23)12-9-17-16(21-10-12)7-5-14(22-17)4-2-11-8-13(19)3-6-15(11)20;1-3-9-4-5-10-11(14-9)6-8(7-13-10)12(15)16-2;7-4-1-2-5(8)6(9)3-4/h3,5-10H,1H3;1,4-7H,2H3;1-3H. The predicted octanol–water partition coefficient (Wildman–Crippen LogP) is 8.09. The van der Waals surface area contributed by atoms with Crippen molar-refractivity contribution >= 4 is 79.8 Å². The molecule has 8 nitrogen and oxygen atoms in total. The Hall–Kier alpha value is -5.21. The Morgan fingerprint density at radius 1 is 0.694 bits per heavy atom. The molecule has 0 aliphatic heterocycles. The Bertz CT molecular complexity index is 2310. The molecule has 0 atom stereocenters. The highest BCUT2D eigenvalue weighted by molar-refractivity contribution is 14.1. The van der Waals surface area contributed by atoms with Crippen LogP contribution in [0.5, 0.6) is 0 Å². The number of carbonyl (C=O) groups is 2. The number of pyridine rings is 4. The molecule has 0 saturated carbocycles. The molecule has 244 valence electrons. The third-order valence-corrected chi connectivity index (χ3v) is 7.50. The van der Waals surface area contributed by atoms with Gasteiger partial charge in [-0.2, -0.15) is 0 Å². The Balaban J connectivity index is 0.000000185. The second kappa shape index (κ2) is 17.3. The number of halogens is 5. The molecule has 0 spiro atoms. The van der Waals surface area contributed by atoms with Gasteiger partial charge in [0.2, 0.25) is 0 Å². The van der Waals surface area contributed by atoms with Crippen LogP contribution in [0.15, 0.2) is 85.2 Å². The Morgan fingerprint density at radius 2 is 1.20 bits per heavy atom. The molecule has 6 aromatic rings. The molecule has 4 aromatic heterocycles. The van der Waals surface area contributed by atoms with E-state index >= 15 is 0 Å². The van der Waals surface area contributed by atoms with Crippen LogP contribution >= 0.6 is 45.8 Å². The summed E-state index contributed by atoms with van der Waals surface area (Å²) < 4.78 is 35.9. The number of hydrogen-bond acceptors (Lipinski definition) is 8. The summed E-state index contributed by atoms with van der Waals surface area (Å²) in [5.41, 5.74) is 4.15. The van der Waals surface area contributed by atoms with E-state index in [1.807, 2.05) is 22.6 Å². The third-order valence-electron chi connectivity index (χ3n) is 6.20. The van der Waals surface area contributed by atoms with Gasteiger partial charge in [-0.05, 0) is 101 Å². The average molecular weight is 809 g/mol. The summed E-state index contributed by atoms with van der Waals surface area (Å²) in [6.07, 6.45) is 8.11. The maximum absolute atomic E-state index is 13.7. The molecular formula is C36H21Cl2F2IN4O4. The topological polar surface area (TPSA) is 104 Å². The fourth-order valence-corrected chi connectivity index (χ4v) is 4.86. The molecule has 0 aliphatic rings. The van der Waals surface area contributed by atoms with Gasteiger partial charge >= 0.3 is 11.9 Å². The molecule has 13 heteroatoms. The first kappa shape index (κ1) is 36.6. The highest BCUT2D eigenvalue weighted by Gasteiger charge is 2.09. The van der Waals surface area contributed by atoms with Crippen LogP contribution in [0.2, 0.25) is 10.0 Å². The zero-order valence-corrected chi connectivity index (χ0v) is 29.1. The third kappa shape index (κ3) is 10.1. The summed E-state index contributed by atoms with van der Waals surface area (Å²) in [6, 6.07) is 18.6. The van der Waals surface area contributed by atoms with Crippen molar-refractivity contribution in [3.05, 3.63) is 139 Å². The van der Waals surface area contributed by atoms with Gasteiger partial charge in [0, 0.05) is 22.4 Å². The van der Waals surface area contributed by atoms with Crippen LogP contribution < -0.4 is 0 Å². The second-order valence-electron chi connectivity index (χ2n) is 9.48. The van der Waals surface area contributed by atoms with Crippen molar-refractivity contribution in [3.63, 3.8) is 0 Å². The van der Waals surface area contributed by atoms with E-state index in [0.29, 0.717) is 58.2 Å². The number of fused-ring (bicyclic) bond motifs is 2. The van der Waals surface area contributed by atoms with Gasteiger partial charge in [-0.1, -0.05) is 35.0 Å². The van der Waals surface area contributed by atoms with E-state index < -0.39 is 17.8 Å². The molecule has 6 rings (SSSR count). The Morgan fingerprint density at radius 3 is 1.71 bits per heavy atom. The van der Waals surface area contributed by atoms with E-state index in [4.69, 9.17) is 29.6 Å². The summed E-state index contributed by atoms with van der Waals surface area (Å²) in [4.78, 5) is 39.6. The van der Waals surface area contributed by atoms with Gasteiger partial charge < -0.3 is 9.47 Å². The number of methoxy groups -OCH3 is 2. The predicted molar refractivity (Wildman–Crippen MR) is 191 cm³/mol. The second-order valence-corrected chi connectivity index (χ2v) is 11.5. The van der Waals surface area contributed by atoms with Gasteiger partial charge in [-0.3, -0.25) is 9.97 Å². The first-order valence-corrected chi connectivity index (χ1v) is 15.6. The molecule has 0 fully saturated rings. The fraction of sp³-hybridized carbons (Fsp3) is 0.0556. The van der Waals surface area contributed by atoms with Crippen molar-refractivity contribution < 1.29 is 27.8 Å². The maximum Gasteiger partial charge on any atom is 0.339 e. The van der Waals surface area contributed by atoms with Crippen LogP contribution in [-0.4, -0.2) is 46.1 Å². The first-order chi connectivity index (χ1) is 23.5. The quantitative estimate of drug-likeness (QED) is 0.0749. The van der Waals surface area contributed by atoms with Crippen molar-refractivity contribution in [3.8, 4) is 24.2 Å². The van der Waals surface area contributed by atoms with E-state index in [-0.39, 0.29) is 11.4 Å². The Kier molecular flexibility index (Phi) is 12.9. The van der Waals surface area contributed by atoms with Crippen LogP contribution in [0.1, 0.15) is 37.7 Å². The lowest BCUT2D eigenvalue weighted by atomic mass is 10.2. The van der Waals surface area contributed by atoms with Crippen molar-refractivity contribution in [1.82, 2.24) is 19.9 Å². The number of benzene rings is 2. The molecule has 0 N–H and O–H groups in total. The van der Waals surface area contributed by atoms with E-state index in [2.05, 4.69) is 47.2 Å². The molecule has 0 radical (unpaired) electrons. The van der Waals surface area contributed by atoms with Crippen LogP contribution in [0.3, 0.4) is 0 Å². The minimum absolute atomic E-state index is 0.186. The first-order valence-electron chi connectivity index (χ1n) is 13.8. The van der Waals surface area contributed by atoms with Gasteiger partial charge in [0.1, 0.15) is 23.0 Å². The number of carbonyl (C=O) groups excluding carboxylic acids is 2. The molecule has 2 aromatic carbocycles. The summed E-state index contributed by atoms with van der Waals surface area (Å²) in [7, 11) is 2.61. The molecule has 4 heterocycles. The number of ether oxygens (including phenoxy) is 2. The molecule has 0 saturated heterocycles. The number of hydrogen-bond donors (Lipinski definition) is 0. The minimum atomic E-state index is -0.497. The lowest BCUT2D eigenvalue weighted by Crippen LogP contribution is -2.02. The summed E-state index contributed by atoms with van der Waals surface area (Å²) >= 11 is 13.3. The monoisotopic (exact) mass is 808 g/mol. The SMILES string of the molecule is C#Cc1ccc2ncc(C(=O)OC)cc2n1.COC(=O)c1cnc2ccc(C#Cc3cc(Cl)ccc3F)nc2c1.Fc1ccc(Cl)cc1I. The lowest BCUT2D eigenvalue weighted by Gasteiger charge is -2.01. The number of aromatic nitrogens is 4. The van der Waals surface area contributed by atoms with Crippen LogP contribution in [0.25, 0.3) is 22.1 Å². The van der Waals surface area contributed by atoms with Crippen molar-refractivity contribution in [2.24, 2.45) is 0 Å². The molecule has 49 heavy (non-hydrogen) atoms. The zero-order chi connectivity index (χ0) is 35.5. The fourth-order valence-electron chi connectivity index (χ4n) is 3.82. The maximum atomic E-state index is 13.7. The van der Waals surface area contributed by atoms with Crippen molar-refractivity contribution in [1.29, 1.82) is 0 Å². The van der Waals surface area contributed by atoms with Crippen molar-refractivity contribution in [2.45, 2.75) is 0 Å². The molecule has 0 unspecified atom stereocenters. The normalized spacial score (nSPS) is 9.92. The molecular weight excluding hydrogens is 788 g/mol. The molecule has 0 bridgehead atoms. The Labute approximate surface area is 303 Å². The van der Waals surface area contributed by atoms with Gasteiger partial charge in [0.05, 0.1) is 56.5 Å². The molecule has 0 amide bonds. The number of nitrogens with zero attached hydrogens (tertiary/aromatic N) is 4. The van der Waals surface area contributed by atoms with E-state index in [9.17, 15) is 18.4 Å². The highest BCUT2D eigenvalue weighted by atomic mass is 127. The van der Waals surface area contributed by atoms with Gasteiger partial charge in [-0.15, -0.1) is 6.42 Å². The highest BCUT2D eigenvalue weighted by Crippen LogP contribution is 2.17. The summed E-state index contributed by atoms with van der Waals surface area (Å²) in [5.74, 6) is 6.29. The summed E-state index contributed by atoms with van der Waals surface area (Å²) in [6.45, 7) is 0. The minimum Gasteiger partial charge on any atom is -0.465 e. The number of rotatable bonds is 2. The van der Waals surface area contributed by atoms with Crippen LogP contribution in [-0.2, 0) is 9.47 Å². The van der Waals surface area contributed by atoms with Crippen LogP contribution in [0, 0.1) is 39.4 Å². The average Bonchev–Trinajstić information content (AvgIpc) is 3.12. The summed E-state index contributed by atoms with van der Waals surface area (Å²) in [5, 5.41) is 0.972. The smallest absolute Gasteiger partial charge is 0.339 e. The number of terminal acetylenes is 1. The van der Waals surface area contributed by atoms with E-state index in [1.54, 1.807) is 42.5 Å². The van der Waals surface area contributed by atoms with Crippen molar-refractivity contribution in [2.75, 3.05) is 14.2 Å². The van der Waals surface area contributed by atoms with E-state index in [1.165, 1.54) is 56.9 Å². The number of esters is 2. The zero-order valence-electron chi connectivity index (χ0n) is 25.5. The molecule has 0 aliphatic carbocycles. The van der Waals surface area contributed by atoms with Gasteiger partial charge in [-0.25, -0.2) is 28.3 Å². The van der Waals surface area contributed by atoms with E-state index in [0.717, 1.165) is 0 Å². The largest absolute Gasteiger partial charge is 0.465 e.